The quantitative estimate of drug-likeness (QED) is 0.856. The maximum atomic E-state index is 11.7. The first-order chi connectivity index (χ1) is 9.24. The fourth-order valence-corrected chi connectivity index (χ4v) is 3.50. The highest BCUT2D eigenvalue weighted by Gasteiger charge is 2.24. The molecule has 1 N–H and O–H groups in total. The zero-order valence-electron chi connectivity index (χ0n) is 10.1. The molecule has 2 aromatic rings. The maximum Gasteiger partial charge on any atom is 0.234 e. The van der Waals surface area contributed by atoms with E-state index in [4.69, 9.17) is 11.6 Å². The van der Waals surface area contributed by atoms with Crippen LogP contribution in [-0.2, 0) is 4.79 Å². The number of thioether (sulfide) groups is 1. The fraction of sp³-hybridized carbons (Fsp3) is 0.133. The van der Waals surface area contributed by atoms with E-state index in [0.29, 0.717) is 10.8 Å². The average molecular weight is 290 g/mol. The Hall–Kier alpha value is -1.45. The minimum atomic E-state index is 0.0343. The molecule has 1 aliphatic heterocycles. The SMILES string of the molecule is O=C1CS[C@@H](c2ccccc2)c2cc(Cl)ccc2N1. The van der Waals surface area contributed by atoms with Gasteiger partial charge in [-0.25, -0.2) is 0 Å². The predicted octanol–water partition coefficient (Wildman–Crippen LogP) is 4.11. The Morgan fingerprint density at radius 1 is 1.16 bits per heavy atom. The number of hydrogen-bond donors (Lipinski definition) is 1. The first-order valence-corrected chi connectivity index (χ1v) is 7.42. The summed E-state index contributed by atoms with van der Waals surface area (Å²) in [5.74, 6) is 0.485. The Morgan fingerprint density at radius 3 is 2.74 bits per heavy atom. The molecule has 2 nitrogen and oxygen atoms in total. The molecule has 1 heterocycles. The summed E-state index contributed by atoms with van der Waals surface area (Å²) in [5, 5.41) is 3.76. The summed E-state index contributed by atoms with van der Waals surface area (Å²) in [7, 11) is 0. The van der Waals surface area contributed by atoms with Crippen LogP contribution in [0.5, 0.6) is 0 Å². The van der Waals surface area contributed by atoms with Gasteiger partial charge in [0.2, 0.25) is 5.91 Å². The number of carbonyl (C=O) groups is 1. The monoisotopic (exact) mass is 289 g/mol. The molecule has 0 aliphatic carbocycles. The van der Waals surface area contributed by atoms with Crippen molar-refractivity contribution in [2.45, 2.75) is 5.25 Å². The van der Waals surface area contributed by atoms with Crippen LogP contribution >= 0.6 is 23.4 Å². The number of hydrogen-bond acceptors (Lipinski definition) is 2. The highest BCUT2D eigenvalue weighted by atomic mass is 35.5. The van der Waals surface area contributed by atoms with Gasteiger partial charge in [-0.2, -0.15) is 0 Å². The molecule has 0 aromatic heterocycles. The number of carbonyl (C=O) groups excluding carboxylic acids is 1. The van der Waals surface area contributed by atoms with E-state index in [1.165, 1.54) is 5.56 Å². The van der Waals surface area contributed by atoms with Gasteiger partial charge in [0, 0.05) is 10.7 Å². The van der Waals surface area contributed by atoms with Crippen LogP contribution in [0, 0.1) is 0 Å². The van der Waals surface area contributed by atoms with E-state index < -0.39 is 0 Å². The zero-order chi connectivity index (χ0) is 13.2. The molecule has 0 fully saturated rings. The third-order valence-corrected chi connectivity index (χ3v) is 4.58. The van der Waals surface area contributed by atoms with Gasteiger partial charge >= 0.3 is 0 Å². The second kappa shape index (κ2) is 5.27. The Morgan fingerprint density at radius 2 is 1.95 bits per heavy atom. The van der Waals surface area contributed by atoms with Crippen LogP contribution < -0.4 is 5.32 Å². The summed E-state index contributed by atoms with van der Waals surface area (Å²) in [6.45, 7) is 0. The first kappa shape index (κ1) is 12.6. The summed E-state index contributed by atoms with van der Waals surface area (Å²) in [6, 6.07) is 15.8. The molecule has 1 aliphatic rings. The highest BCUT2D eigenvalue weighted by molar-refractivity contribution is 8.00. The van der Waals surface area contributed by atoms with Crippen molar-refractivity contribution in [3.8, 4) is 0 Å². The third-order valence-electron chi connectivity index (χ3n) is 3.05. The summed E-state index contributed by atoms with van der Waals surface area (Å²) in [6.07, 6.45) is 0. The maximum absolute atomic E-state index is 11.7. The molecule has 3 rings (SSSR count). The Labute approximate surface area is 121 Å². The molecule has 96 valence electrons. The summed E-state index contributed by atoms with van der Waals surface area (Å²) >= 11 is 7.72. The molecule has 1 atom stereocenters. The van der Waals surface area contributed by atoms with Crippen molar-refractivity contribution in [3.05, 3.63) is 64.7 Å². The lowest BCUT2D eigenvalue weighted by atomic mass is 10.0. The van der Waals surface area contributed by atoms with Gasteiger partial charge in [0.15, 0.2) is 0 Å². The van der Waals surface area contributed by atoms with Crippen molar-refractivity contribution in [2.24, 2.45) is 0 Å². The van der Waals surface area contributed by atoms with Crippen molar-refractivity contribution >= 4 is 35.0 Å². The molecule has 4 heteroatoms. The van der Waals surface area contributed by atoms with Crippen LogP contribution in [0.15, 0.2) is 48.5 Å². The van der Waals surface area contributed by atoms with Crippen LogP contribution in [0.1, 0.15) is 16.4 Å². The number of halogens is 1. The number of rotatable bonds is 1. The summed E-state index contributed by atoms with van der Waals surface area (Å²) in [4.78, 5) is 11.7. The zero-order valence-corrected chi connectivity index (χ0v) is 11.7. The van der Waals surface area contributed by atoms with Gasteiger partial charge < -0.3 is 5.32 Å². The molecule has 0 unspecified atom stereocenters. The molecule has 0 saturated heterocycles. The molecular weight excluding hydrogens is 278 g/mol. The van der Waals surface area contributed by atoms with Crippen molar-refractivity contribution in [1.29, 1.82) is 0 Å². The van der Waals surface area contributed by atoms with E-state index in [1.807, 2.05) is 30.3 Å². The lowest BCUT2D eigenvalue weighted by Crippen LogP contribution is -2.12. The molecule has 1 amide bonds. The second-order valence-electron chi connectivity index (χ2n) is 4.38. The van der Waals surface area contributed by atoms with E-state index in [-0.39, 0.29) is 11.2 Å². The number of fused-ring (bicyclic) bond motifs is 1. The summed E-state index contributed by atoms with van der Waals surface area (Å²) < 4.78 is 0. The third kappa shape index (κ3) is 2.62. The van der Waals surface area contributed by atoms with Gasteiger partial charge in [0.25, 0.3) is 0 Å². The molecule has 2 aromatic carbocycles. The van der Waals surface area contributed by atoms with Gasteiger partial charge in [-0.15, -0.1) is 11.8 Å². The van der Waals surface area contributed by atoms with Crippen LogP contribution in [0.4, 0.5) is 5.69 Å². The lowest BCUT2D eigenvalue weighted by Gasteiger charge is -2.17. The second-order valence-corrected chi connectivity index (χ2v) is 5.91. The van der Waals surface area contributed by atoms with Crippen molar-refractivity contribution < 1.29 is 4.79 Å². The van der Waals surface area contributed by atoms with Crippen LogP contribution in [0.3, 0.4) is 0 Å². The minimum Gasteiger partial charge on any atom is -0.325 e. The van der Waals surface area contributed by atoms with Crippen LogP contribution in [-0.4, -0.2) is 11.7 Å². The molecular formula is C15H12ClNOS. The fourth-order valence-electron chi connectivity index (χ4n) is 2.20. The molecule has 0 radical (unpaired) electrons. The smallest absolute Gasteiger partial charge is 0.234 e. The molecule has 0 spiro atoms. The van der Waals surface area contributed by atoms with Gasteiger partial charge in [-0.05, 0) is 29.3 Å². The molecule has 0 saturated carbocycles. The minimum absolute atomic E-state index is 0.0343. The molecule has 0 bridgehead atoms. The lowest BCUT2D eigenvalue weighted by molar-refractivity contribution is -0.113. The highest BCUT2D eigenvalue weighted by Crippen LogP contribution is 2.42. The van der Waals surface area contributed by atoms with Crippen LogP contribution in [0.25, 0.3) is 0 Å². The van der Waals surface area contributed by atoms with Crippen LogP contribution in [0.2, 0.25) is 5.02 Å². The molecule has 19 heavy (non-hydrogen) atoms. The van der Waals surface area contributed by atoms with E-state index in [1.54, 1.807) is 17.8 Å². The normalized spacial score (nSPS) is 18.4. The van der Waals surface area contributed by atoms with E-state index >= 15 is 0 Å². The topological polar surface area (TPSA) is 29.1 Å². The Bertz CT molecular complexity index is 615. The van der Waals surface area contributed by atoms with Crippen molar-refractivity contribution in [3.63, 3.8) is 0 Å². The first-order valence-electron chi connectivity index (χ1n) is 6.00. The van der Waals surface area contributed by atoms with E-state index in [9.17, 15) is 4.79 Å². The van der Waals surface area contributed by atoms with Crippen molar-refractivity contribution in [1.82, 2.24) is 0 Å². The number of benzene rings is 2. The number of amides is 1. The Kier molecular flexibility index (Phi) is 3.49. The number of nitrogens with one attached hydrogen (secondary N) is 1. The largest absolute Gasteiger partial charge is 0.325 e. The van der Waals surface area contributed by atoms with Gasteiger partial charge in [0.05, 0.1) is 11.0 Å². The van der Waals surface area contributed by atoms with Gasteiger partial charge in [-0.1, -0.05) is 41.9 Å². The van der Waals surface area contributed by atoms with E-state index in [0.717, 1.165) is 11.3 Å². The van der Waals surface area contributed by atoms with Gasteiger partial charge in [0.1, 0.15) is 0 Å². The van der Waals surface area contributed by atoms with Crippen molar-refractivity contribution in [2.75, 3.05) is 11.1 Å². The Balaban J connectivity index is 2.11. The predicted molar refractivity (Wildman–Crippen MR) is 80.8 cm³/mol. The number of anilines is 1. The standard InChI is InChI=1S/C15H12ClNOS/c16-11-6-7-13-12(8-11)15(19-9-14(18)17-13)10-4-2-1-3-5-10/h1-8,15H,9H2,(H,17,18)/t15-/m0/s1. The van der Waals surface area contributed by atoms with E-state index in [2.05, 4.69) is 17.4 Å². The van der Waals surface area contributed by atoms with Gasteiger partial charge in [-0.3, -0.25) is 4.79 Å². The average Bonchev–Trinajstić information content (AvgIpc) is 2.58. The summed E-state index contributed by atoms with van der Waals surface area (Å²) in [5.41, 5.74) is 3.11.